The minimum absolute atomic E-state index is 0.213. The highest BCUT2D eigenvalue weighted by molar-refractivity contribution is 5.90. The molecule has 154 valence electrons. The number of fused-ring (bicyclic) bond motifs is 4. The second-order valence-electron chi connectivity index (χ2n) is 8.62. The van der Waals surface area contributed by atoms with Gasteiger partial charge in [-0.05, 0) is 55.5 Å². The van der Waals surface area contributed by atoms with Crippen LogP contribution in [0.4, 0.5) is 0 Å². The van der Waals surface area contributed by atoms with Crippen molar-refractivity contribution >= 4 is 16.9 Å². The van der Waals surface area contributed by atoms with E-state index in [9.17, 15) is 4.79 Å². The van der Waals surface area contributed by atoms with Crippen LogP contribution in [0.3, 0.4) is 0 Å². The van der Waals surface area contributed by atoms with Gasteiger partial charge in [-0.1, -0.05) is 49.7 Å². The fourth-order valence-electron chi connectivity index (χ4n) is 5.43. The molecule has 4 heteroatoms. The second kappa shape index (κ2) is 8.19. The van der Waals surface area contributed by atoms with Crippen LogP contribution >= 0.6 is 0 Å². The molecule has 0 N–H and O–H groups in total. The Hall–Kier alpha value is -2.72. The summed E-state index contributed by atoms with van der Waals surface area (Å²) < 4.78 is 6.28. The Morgan fingerprint density at radius 2 is 1.93 bits per heavy atom. The smallest absolute Gasteiger partial charge is 0.338 e. The molecule has 30 heavy (non-hydrogen) atoms. The summed E-state index contributed by atoms with van der Waals surface area (Å²) in [4.78, 5) is 20.2. The van der Waals surface area contributed by atoms with E-state index in [0.717, 1.165) is 47.8 Å². The third kappa shape index (κ3) is 3.50. The summed E-state index contributed by atoms with van der Waals surface area (Å²) in [5.41, 5.74) is 2.61. The summed E-state index contributed by atoms with van der Waals surface area (Å²) in [7, 11) is 0. The van der Waals surface area contributed by atoms with Crippen molar-refractivity contribution in [3.8, 4) is 0 Å². The Labute approximate surface area is 177 Å². The van der Waals surface area contributed by atoms with Crippen molar-refractivity contribution in [1.82, 2.24) is 9.88 Å². The predicted molar refractivity (Wildman–Crippen MR) is 118 cm³/mol. The normalized spacial score (nSPS) is 26.4. The first kappa shape index (κ1) is 19.3. The molecular formula is C26H28N2O2. The maximum absolute atomic E-state index is 13.1. The highest BCUT2D eigenvalue weighted by atomic mass is 16.5. The number of benzene rings is 2. The van der Waals surface area contributed by atoms with Gasteiger partial charge < -0.3 is 4.74 Å². The van der Waals surface area contributed by atoms with Crippen molar-refractivity contribution in [2.24, 2.45) is 11.8 Å². The number of esters is 1. The first-order valence-electron chi connectivity index (χ1n) is 11.1. The van der Waals surface area contributed by atoms with Gasteiger partial charge in [0.25, 0.3) is 0 Å². The van der Waals surface area contributed by atoms with Gasteiger partial charge >= 0.3 is 5.97 Å². The minimum atomic E-state index is -0.300. The monoisotopic (exact) mass is 400 g/mol. The van der Waals surface area contributed by atoms with Gasteiger partial charge in [-0.2, -0.15) is 0 Å². The molecule has 0 spiro atoms. The van der Waals surface area contributed by atoms with Crippen LogP contribution in [0.25, 0.3) is 10.9 Å². The van der Waals surface area contributed by atoms with Crippen LogP contribution < -0.4 is 0 Å². The third-order valence-corrected chi connectivity index (χ3v) is 7.04. The largest absolute Gasteiger partial charge is 0.452 e. The van der Waals surface area contributed by atoms with E-state index in [1.807, 2.05) is 60.8 Å². The molecule has 1 aromatic heterocycles. The molecule has 1 unspecified atom stereocenters. The van der Waals surface area contributed by atoms with Crippen LogP contribution in [0, 0.1) is 11.8 Å². The SMILES string of the molecule is CC[C@H]1CN2CC[C@H]1C[C@@H]2[C@@H](OC(=O)c1ccccc1)c1ccnc2ccccc12. The first-order valence-corrected chi connectivity index (χ1v) is 11.1. The molecule has 0 radical (unpaired) electrons. The van der Waals surface area contributed by atoms with Gasteiger partial charge in [-0.15, -0.1) is 0 Å². The number of aromatic nitrogens is 1. The van der Waals surface area contributed by atoms with Gasteiger partial charge in [-0.25, -0.2) is 4.79 Å². The summed E-state index contributed by atoms with van der Waals surface area (Å²) in [5.74, 6) is 1.22. The molecule has 6 rings (SSSR count). The van der Waals surface area contributed by atoms with Gasteiger partial charge in [0.15, 0.2) is 0 Å². The van der Waals surface area contributed by atoms with Crippen LogP contribution in [-0.4, -0.2) is 35.0 Å². The van der Waals surface area contributed by atoms with E-state index >= 15 is 0 Å². The van der Waals surface area contributed by atoms with Gasteiger partial charge in [0.1, 0.15) is 6.10 Å². The van der Waals surface area contributed by atoms with Crippen molar-refractivity contribution < 1.29 is 9.53 Å². The molecule has 3 aliphatic heterocycles. The summed E-state index contributed by atoms with van der Waals surface area (Å²) in [5, 5.41) is 1.07. The lowest BCUT2D eigenvalue weighted by Crippen LogP contribution is -2.55. The zero-order chi connectivity index (χ0) is 20.5. The number of hydrogen-bond donors (Lipinski definition) is 0. The predicted octanol–water partition coefficient (Wildman–Crippen LogP) is 5.25. The van der Waals surface area contributed by atoms with Crippen molar-refractivity contribution in [3.63, 3.8) is 0 Å². The first-order chi connectivity index (χ1) is 14.7. The zero-order valence-electron chi connectivity index (χ0n) is 17.4. The molecule has 2 bridgehead atoms. The standard InChI is InChI=1S/C26H28N2O2/c1-2-18-17-28-15-13-20(18)16-24(28)25(30-26(29)19-8-4-3-5-9-19)22-12-14-27-23-11-7-6-10-21(22)23/h3-12,14,18,20,24-25H,2,13,15-17H2,1H3/t18-,20-,24+,25-/m0/s1. The van der Waals surface area contributed by atoms with E-state index in [0.29, 0.717) is 5.56 Å². The number of carbonyl (C=O) groups excluding carboxylic acids is 1. The fraction of sp³-hybridized carbons (Fsp3) is 0.385. The lowest BCUT2D eigenvalue weighted by Gasteiger charge is -2.51. The molecule has 0 aliphatic carbocycles. The van der Waals surface area contributed by atoms with Gasteiger partial charge in [0.05, 0.1) is 17.1 Å². The minimum Gasteiger partial charge on any atom is -0.452 e. The highest BCUT2D eigenvalue weighted by Crippen LogP contribution is 2.44. The average molecular weight is 401 g/mol. The number of piperidine rings is 3. The number of rotatable bonds is 5. The number of carbonyl (C=O) groups is 1. The zero-order valence-corrected chi connectivity index (χ0v) is 17.4. The Morgan fingerprint density at radius 1 is 1.13 bits per heavy atom. The Balaban J connectivity index is 1.54. The van der Waals surface area contributed by atoms with Crippen molar-refractivity contribution in [2.45, 2.75) is 38.3 Å². The summed E-state index contributed by atoms with van der Waals surface area (Å²) in [6.45, 7) is 4.49. The van der Waals surface area contributed by atoms with E-state index in [1.165, 1.54) is 12.8 Å². The van der Waals surface area contributed by atoms with E-state index in [-0.39, 0.29) is 18.1 Å². The molecule has 5 atom stereocenters. The summed E-state index contributed by atoms with van der Waals surface area (Å²) in [6.07, 6.45) is 5.10. The maximum Gasteiger partial charge on any atom is 0.338 e. The molecular weight excluding hydrogens is 372 g/mol. The molecule has 0 amide bonds. The second-order valence-corrected chi connectivity index (χ2v) is 8.62. The number of ether oxygens (including phenoxy) is 1. The molecule has 2 aromatic carbocycles. The Morgan fingerprint density at radius 3 is 2.70 bits per heavy atom. The van der Waals surface area contributed by atoms with Crippen LogP contribution in [0.5, 0.6) is 0 Å². The molecule has 3 fully saturated rings. The van der Waals surface area contributed by atoms with Crippen LogP contribution in [0.2, 0.25) is 0 Å². The Kier molecular flexibility index (Phi) is 5.26. The van der Waals surface area contributed by atoms with Crippen LogP contribution in [0.15, 0.2) is 66.9 Å². The van der Waals surface area contributed by atoms with E-state index < -0.39 is 0 Å². The third-order valence-electron chi connectivity index (χ3n) is 7.04. The van der Waals surface area contributed by atoms with Crippen LogP contribution in [0.1, 0.15) is 48.2 Å². The lowest BCUT2D eigenvalue weighted by atomic mass is 9.72. The molecule has 3 aromatic rings. The molecule has 3 aliphatic rings. The number of hydrogen-bond acceptors (Lipinski definition) is 4. The summed E-state index contributed by atoms with van der Waals surface area (Å²) in [6, 6.07) is 19.7. The highest BCUT2D eigenvalue weighted by Gasteiger charge is 2.44. The quantitative estimate of drug-likeness (QED) is 0.549. The van der Waals surface area contributed by atoms with E-state index in [2.05, 4.69) is 22.9 Å². The molecule has 4 heterocycles. The van der Waals surface area contributed by atoms with E-state index in [4.69, 9.17) is 4.74 Å². The number of nitrogens with zero attached hydrogens (tertiary/aromatic N) is 2. The Bertz CT molecular complexity index is 1030. The topological polar surface area (TPSA) is 42.4 Å². The van der Waals surface area contributed by atoms with Crippen molar-refractivity contribution in [2.75, 3.05) is 13.1 Å². The molecule has 3 saturated heterocycles. The molecule has 0 saturated carbocycles. The van der Waals surface area contributed by atoms with Crippen molar-refractivity contribution in [3.05, 3.63) is 78.0 Å². The summed E-state index contributed by atoms with van der Waals surface area (Å²) >= 11 is 0. The van der Waals surface area contributed by atoms with Crippen molar-refractivity contribution in [1.29, 1.82) is 0 Å². The average Bonchev–Trinajstić information content (AvgIpc) is 2.83. The van der Waals surface area contributed by atoms with Crippen LogP contribution in [-0.2, 0) is 4.74 Å². The van der Waals surface area contributed by atoms with E-state index in [1.54, 1.807) is 0 Å². The lowest BCUT2D eigenvalue weighted by molar-refractivity contribution is -0.0659. The van der Waals surface area contributed by atoms with Gasteiger partial charge in [0, 0.05) is 23.7 Å². The maximum atomic E-state index is 13.1. The van der Waals surface area contributed by atoms with Gasteiger partial charge in [0.2, 0.25) is 0 Å². The molecule has 4 nitrogen and oxygen atoms in total. The number of para-hydroxylation sites is 1. The fourth-order valence-corrected chi connectivity index (χ4v) is 5.43. The van der Waals surface area contributed by atoms with Gasteiger partial charge in [-0.3, -0.25) is 9.88 Å². The number of pyridine rings is 1.